The molecule has 1 aromatic rings. The molecule has 1 unspecified atom stereocenters. The van der Waals surface area contributed by atoms with E-state index in [0.717, 1.165) is 0 Å². The van der Waals surface area contributed by atoms with Gasteiger partial charge in [0.1, 0.15) is 0 Å². The van der Waals surface area contributed by atoms with Gasteiger partial charge in [-0.25, -0.2) is 4.52 Å². The van der Waals surface area contributed by atoms with Gasteiger partial charge in [0.05, 0.1) is 0 Å². The second-order valence-electron chi connectivity index (χ2n) is 1.64. The molecule has 0 saturated carbocycles. The van der Waals surface area contributed by atoms with Crippen molar-refractivity contribution in [2.24, 2.45) is 0 Å². The Balaban J connectivity index is 0.000001000. The summed E-state index contributed by atoms with van der Waals surface area (Å²) in [7, 11) is -2.53. The first-order valence-electron chi connectivity index (χ1n) is 2.68. The molecule has 63 valence electrons. The standard InChI is InChI=1S/C6H5O3P.Cu/c7-10(8)9-6-4-2-1-3-5-6;/h1-5H;/p+1. The van der Waals surface area contributed by atoms with Crippen LogP contribution in [0.1, 0.15) is 0 Å². The Morgan fingerprint density at radius 3 is 2.27 bits per heavy atom. The maximum absolute atomic E-state index is 10.1. The predicted molar refractivity (Wildman–Crippen MR) is 36.9 cm³/mol. The molecule has 1 radical (unpaired) electrons. The van der Waals surface area contributed by atoms with Crippen LogP contribution in [0.4, 0.5) is 0 Å². The van der Waals surface area contributed by atoms with Gasteiger partial charge in [-0.3, -0.25) is 0 Å². The maximum atomic E-state index is 10.1. The van der Waals surface area contributed by atoms with E-state index in [9.17, 15) is 4.57 Å². The van der Waals surface area contributed by atoms with Gasteiger partial charge in [-0.2, -0.15) is 0 Å². The van der Waals surface area contributed by atoms with Crippen molar-refractivity contribution in [3.63, 3.8) is 0 Å². The molecule has 0 amide bonds. The van der Waals surface area contributed by atoms with Gasteiger partial charge in [0.25, 0.3) is 0 Å². The quantitative estimate of drug-likeness (QED) is 0.610. The fraction of sp³-hybridized carbons (Fsp3) is 0. The summed E-state index contributed by atoms with van der Waals surface area (Å²) >= 11 is 0. The minimum absolute atomic E-state index is 0. The van der Waals surface area contributed by atoms with Crippen molar-refractivity contribution >= 4 is 8.25 Å². The Hall–Kier alpha value is -0.401. The molecule has 11 heavy (non-hydrogen) atoms. The molecule has 3 nitrogen and oxygen atoms in total. The molecule has 1 aromatic carbocycles. The number of benzene rings is 1. The van der Waals surface area contributed by atoms with E-state index >= 15 is 0 Å². The van der Waals surface area contributed by atoms with Crippen LogP contribution in [0.5, 0.6) is 5.75 Å². The van der Waals surface area contributed by atoms with Gasteiger partial charge in [-0.15, -0.1) is 4.89 Å². The first kappa shape index (κ1) is 10.6. The third kappa shape index (κ3) is 4.12. The fourth-order valence-electron chi connectivity index (χ4n) is 0.572. The van der Waals surface area contributed by atoms with Crippen LogP contribution >= 0.6 is 8.25 Å². The van der Waals surface area contributed by atoms with Crippen LogP contribution in [0.25, 0.3) is 0 Å². The van der Waals surface area contributed by atoms with Crippen molar-refractivity contribution in [1.82, 2.24) is 0 Å². The van der Waals surface area contributed by atoms with Crippen LogP contribution in [-0.2, 0) is 21.6 Å². The van der Waals surface area contributed by atoms with E-state index in [1.54, 1.807) is 30.3 Å². The minimum Gasteiger partial charge on any atom is -0.229 e. The van der Waals surface area contributed by atoms with E-state index in [0.29, 0.717) is 5.75 Å². The first-order valence-corrected chi connectivity index (χ1v) is 3.81. The van der Waals surface area contributed by atoms with Gasteiger partial charge in [0.2, 0.25) is 0 Å². The van der Waals surface area contributed by atoms with Crippen LogP contribution < -0.4 is 4.52 Å². The molecule has 0 spiro atoms. The normalized spacial score (nSPS) is 9.73. The first-order chi connectivity index (χ1) is 4.79. The number of hydrogen-bond acceptors (Lipinski definition) is 2. The van der Waals surface area contributed by atoms with E-state index in [4.69, 9.17) is 4.89 Å². The Kier molecular flexibility index (Phi) is 5.08. The largest absolute Gasteiger partial charge is 0.747 e. The summed E-state index contributed by atoms with van der Waals surface area (Å²) in [5.74, 6) is 0.408. The Bertz CT molecular complexity index is 227. The Morgan fingerprint density at radius 2 is 1.82 bits per heavy atom. The van der Waals surface area contributed by atoms with Crippen LogP contribution in [0.15, 0.2) is 30.3 Å². The molecule has 0 fully saturated rings. The van der Waals surface area contributed by atoms with Crippen molar-refractivity contribution in [2.75, 3.05) is 0 Å². The number of rotatable bonds is 2. The number of hydrogen-bond donors (Lipinski definition) is 1. The zero-order valence-electron chi connectivity index (χ0n) is 5.40. The van der Waals surface area contributed by atoms with Gasteiger partial charge in [0, 0.05) is 21.6 Å². The van der Waals surface area contributed by atoms with Gasteiger partial charge < -0.3 is 0 Å². The maximum Gasteiger partial charge on any atom is 0.747 e. The van der Waals surface area contributed by atoms with Crippen molar-refractivity contribution in [1.29, 1.82) is 0 Å². The van der Waals surface area contributed by atoms with Crippen LogP contribution in [-0.4, -0.2) is 4.89 Å². The Morgan fingerprint density at radius 1 is 1.27 bits per heavy atom. The molecule has 0 heterocycles. The second-order valence-corrected chi connectivity index (χ2v) is 2.30. The third-order valence-electron chi connectivity index (χ3n) is 0.927. The SMILES string of the molecule is O=[P+](O)Oc1ccccc1.[Cu]. The summed E-state index contributed by atoms with van der Waals surface area (Å²) in [6.07, 6.45) is 0. The zero-order chi connectivity index (χ0) is 7.40. The molecule has 1 atom stereocenters. The molecular weight excluding hydrogens is 215 g/mol. The summed E-state index contributed by atoms with van der Waals surface area (Å²) in [4.78, 5) is 8.29. The van der Waals surface area contributed by atoms with E-state index in [1.165, 1.54) is 0 Å². The van der Waals surface area contributed by atoms with E-state index in [2.05, 4.69) is 4.52 Å². The summed E-state index contributed by atoms with van der Waals surface area (Å²) in [5, 5.41) is 0. The average molecular weight is 221 g/mol. The summed E-state index contributed by atoms with van der Waals surface area (Å²) in [6, 6.07) is 8.49. The fourth-order valence-corrected chi connectivity index (χ4v) is 0.874. The monoisotopic (exact) mass is 220 g/mol. The second kappa shape index (κ2) is 5.28. The molecular formula is C6H6CuO3P+. The predicted octanol–water partition coefficient (Wildman–Crippen LogP) is 1.71. The van der Waals surface area contributed by atoms with Crippen LogP contribution in [0.3, 0.4) is 0 Å². The van der Waals surface area contributed by atoms with Gasteiger partial charge in [-0.05, 0) is 12.1 Å². The van der Waals surface area contributed by atoms with Crippen LogP contribution in [0.2, 0.25) is 0 Å². The van der Waals surface area contributed by atoms with Gasteiger partial charge in [-0.1, -0.05) is 18.2 Å². The van der Waals surface area contributed by atoms with Crippen molar-refractivity contribution in [2.45, 2.75) is 0 Å². The van der Waals surface area contributed by atoms with Crippen molar-refractivity contribution in [3.8, 4) is 5.75 Å². The molecule has 0 aliphatic carbocycles. The smallest absolute Gasteiger partial charge is 0.229 e. The molecule has 1 N–H and O–H groups in total. The zero-order valence-corrected chi connectivity index (χ0v) is 7.24. The van der Waals surface area contributed by atoms with Gasteiger partial charge in [0.15, 0.2) is 5.75 Å². The topological polar surface area (TPSA) is 46.5 Å². The molecule has 0 aliphatic heterocycles. The third-order valence-corrected chi connectivity index (χ3v) is 1.29. The molecule has 0 bridgehead atoms. The molecule has 5 heteroatoms. The molecule has 0 saturated heterocycles. The van der Waals surface area contributed by atoms with Gasteiger partial charge >= 0.3 is 8.25 Å². The van der Waals surface area contributed by atoms with E-state index in [-0.39, 0.29) is 17.1 Å². The molecule has 0 aromatic heterocycles. The molecule has 0 aliphatic rings. The average Bonchev–Trinajstić information content (AvgIpc) is 1.88. The molecule has 1 rings (SSSR count). The van der Waals surface area contributed by atoms with E-state index < -0.39 is 8.25 Å². The Labute approximate surface area is 75.8 Å². The van der Waals surface area contributed by atoms with E-state index in [1.807, 2.05) is 0 Å². The van der Waals surface area contributed by atoms with Crippen molar-refractivity contribution < 1.29 is 31.1 Å². The summed E-state index contributed by atoms with van der Waals surface area (Å²) in [5.41, 5.74) is 0. The summed E-state index contributed by atoms with van der Waals surface area (Å²) in [6.45, 7) is 0. The summed E-state index contributed by atoms with van der Waals surface area (Å²) < 4.78 is 14.6. The minimum atomic E-state index is -2.53. The number of para-hydroxylation sites is 1. The van der Waals surface area contributed by atoms with Crippen LogP contribution in [0, 0.1) is 0 Å². The van der Waals surface area contributed by atoms with Crippen molar-refractivity contribution in [3.05, 3.63) is 30.3 Å².